The second-order valence-corrected chi connectivity index (χ2v) is 6.10. The summed E-state index contributed by atoms with van der Waals surface area (Å²) in [6.45, 7) is 2.87. The van der Waals surface area contributed by atoms with Crippen molar-refractivity contribution >= 4 is 22.9 Å². The molecule has 1 heterocycles. The molecule has 102 valence electrons. The first-order valence-electron chi connectivity index (χ1n) is 6.21. The van der Waals surface area contributed by atoms with Gasteiger partial charge in [0.15, 0.2) is 0 Å². The summed E-state index contributed by atoms with van der Waals surface area (Å²) in [5, 5.41) is 10.1. The van der Waals surface area contributed by atoms with Gasteiger partial charge in [-0.3, -0.25) is 0 Å². The second kappa shape index (κ2) is 6.98. The maximum absolute atomic E-state index is 6.43. The Kier molecular flexibility index (Phi) is 5.31. The van der Waals surface area contributed by atoms with E-state index in [-0.39, 0.29) is 5.38 Å². The summed E-state index contributed by atoms with van der Waals surface area (Å²) in [6.07, 6.45) is 0.879. The second-order valence-electron chi connectivity index (χ2n) is 4.57. The number of methoxy groups -OCH3 is 1. The van der Waals surface area contributed by atoms with Gasteiger partial charge in [0.05, 0.1) is 0 Å². The van der Waals surface area contributed by atoms with Gasteiger partial charge in [-0.05, 0) is 11.5 Å². The molecule has 0 aliphatic rings. The molecule has 2 atom stereocenters. The van der Waals surface area contributed by atoms with Gasteiger partial charge in [-0.2, -0.15) is 0 Å². The molecule has 2 unspecified atom stereocenters. The zero-order valence-electron chi connectivity index (χ0n) is 11.0. The summed E-state index contributed by atoms with van der Waals surface area (Å²) in [4.78, 5) is 0. The van der Waals surface area contributed by atoms with E-state index in [2.05, 4.69) is 17.1 Å². The molecular formula is C14H17ClN2OS. The average molecular weight is 297 g/mol. The number of hydrogen-bond donors (Lipinski definition) is 0. The molecule has 0 radical (unpaired) electrons. The van der Waals surface area contributed by atoms with Crippen molar-refractivity contribution in [3.63, 3.8) is 0 Å². The molecule has 0 fully saturated rings. The molecule has 3 nitrogen and oxygen atoms in total. The lowest BCUT2D eigenvalue weighted by Gasteiger charge is -2.06. The first-order valence-corrected chi connectivity index (χ1v) is 7.46. The van der Waals surface area contributed by atoms with Crippen molar-refractivity contribution in [2.75, 3.05) is 13.7 Å². The number of benzene rings is 1. The highest BCUT2D eigenvalue weighted by molar-refractivity contribution is 7.11. The van der Waals surface area contributed by atoms with Crippen LogP contribution in [-0.4, -0.2) is 23.9 Å². The predicted molar refractivity (Wildman–Crippen MR) is 78.8 cm³/mol. The van der Waals surface area contributed by atoms with Crippen LogP contribution in [0.15, 0.2) is 30.3 Å². The fourth-order valence-corrected chi connectivity index (χ4v) is 3.19. The number of alkyl halides is 1. The Balaban J connectivity index is 2.04. The van der Waals surface area contributed by atoms with E-state index < -0.39 is 0 Å². The van der Waals surface area contributed by atoms with Crippen molar-refractivity contribution in [1.82, 2.24) is 10.2 Å². The molecule has 0 bridgehead atoms. The van der Waals surface area contributed by atoms with Gasteiger partial charge in [-0.25, -0.2) is 0 Å². The van der Waals surface area contributed by atoms with E-state index in [1.165, 1.54) is 0 Å². The van der Waals surface area contributed by atoms with Crippen LogP contribution >= 0.6 is 22.9 Å². The van der Waals surface area contributed by atoms with Gasteiger partial charge in [0.1, 0.15) is 15.4 Å². The van der Waals surface area contributed by atoms with E-state index in [9.17, 15) is 0 Å². The molecule has 0 N–H and O–H groups in total. The lowest BCUT2D eigenvalue weighted by molar-refractivity contribution is 0.159. The van der Waals surface area contributed by atoms with Crippen molar-refractivity contribution in [1.29, 1.82) is 0 Å². The molecule has 5 heteroatoms. The third-order valence-electron chi connectivity index (χ3n) is 2.77. The van der Waals surface area contributed by atoms with Crippen molar-refractivity contribution in [3.8, 4) is 0 Å². The Morgan fingerprint density at radius 2 is 2.00 bits per heavy atom. The number of rotatable bonds is 6. The van der Waals surface area contributed by atoms with Gasteiger partial charge in [0.2, 0.25) is 0 Å². The number of nitrogens with zero attached hydrogens (tertiary/aromatic N) is 2. The smallest absolute Gasteiger partial charge is 0.139 e. The lowest BCUT2D eigenvalue weighted by atomic mass is 10.1. The van der Waals surface area contributed by atoms with Crippen LogP contribution in [0.1, 0.15) is 27.9 Å². The Bertz CT molecular complexity index is 503. The summed E-state index contributed by atoms with van der Waals surface area (Å²) in [5.74, 6) is 0.441. The van der Waals surface area contributed by atoms with Crippen molar-refractivity contribution in [2.24, 2.45) is 5.92 Å². The van der Waals surface area contributed by atoms with Crippen LogP contribution in [-0.2, 0) is 11.2 Å². The highest BCUT2D eigenvalue weighted by Gasteiger charge is 2.17. The molecule has 0 aliphatic carbocycles. The van der Waals surface area contributed by atoms with Crippen molar-refractivity contribution < 1.29 is 4.74 Å². The first kappa shape index (κ1) is 14.4. The Morgan fingerprint density at radius 1 is 1.26 bits per heavy atom. The van der Waals surface area contributed by atoms with Crippen LogP contribution in [0, 0.1) is 5.92 Å². The third-order valence-corrected chi connectivity index (χ3v) is 4.36. The van der Waals surface area contributed by atoms with E-state index in [1.807, 2.05) is 30.3 Å². The summed E-state index contributed by atoms with van der Waals surface area (Å²) < 4.78 is 5.13. The van der Waals surface area contributed by atoms with Gasteiger partial charge in [0, 0.05) is 20.1 Å². The zero-order chi connectivity index (χ0) is 13.7. The van der Waals surface area contributed by atoms with E-state index in [0.29, 0.717) is 5.92 Å². The van der Waals surface area contributed by atoms with E-state index in [1.54, 1.807) is 18.4 Å². The minimum absolute atomic E-state index is 0.217. The third kappa shape index (κ3) is 4.00. The molecule has 0 spiro atoms. The van der Waals surface area contributed by atoms with Crippen LogP contribution < -0.4 is 0 Å². The van der Waals surface area contributed by atoms with Gasteiger partial charge in [-0.15, -0.1) is 21.8 Å². The largest absolute Gasteiger partial charge is 0.384 e. The molecule has 2 rings (SSSR count). The number of aromatic nitrogens is 2. The fourth-order valence-electron chi connectivity index (χ4n) is 1.86. The van der Waals surface area contributed by atoms with Crippen LogP contribution in [0.2, 0.25) is 0 Å². The number of ether oxygens (including phenoxy) is 1. The van der Waals surface area contributed by atoms with Gasteiger partial charge < -0.3 is 4.74 Å². The monoisotopic (exact) mass is 296 g/mol. The first-order chi connectivity index (χ1) is 9.20. The molecule has 0 amide bonds. The molecule has 0 saturated heterocycles. The van der Waals surface area contributed by atoms with E-state index in [0.717, 1.165) is 28.6 Å². The minimum atomic E-state index is -0.217. The molecule has 0 saturated carbocycles. The molecular weight excluding hydrogens is 280 g/mol. The highest BCUT2D eigenvalue weighted by Crippen LogP contribution is 2.31. The van der Waals surface area contributed by atoms with Crippen LogP contribution in [0.3, 0.4) is 0 Å². The van der Waals surface area contributed by atoms with Gasteiger partial charge >= 0.3 is 0 Å². The summed E-state index contributed by atoms with van der Waals surface area (Å²) >= 11 is 8.01. The summed E-state index contributed by atoms with van der Waals surface area (Å²) in [6, 6.07) is 9.95. The average Bonchev–Trinajstić information content (AvgIpc) is 2.87. The topological polar surface area (TPSA) is 35.0 Å². The minimum Gasteiger partial charge on any atom is -0.384 e. The molecule has 1 aromatic heterocycles. The van der Waals surface area contributed by atoms with Gasteiger partial charge in [0.25, 0.3) is 0 Å². The standard InChI is InChI=1S/C14H17ClN2OS/c1-10(9-18-2)8-12-16-17-14(19-12)13(15)11-6-4-3-5-7-11/h3-7,10,13H,8-9H2,1-2H3. The normalized spacial score (nSPS) is 14.3. The van der Waals surface area contributed by atoms with Crippen LogP contribution in [0.25, 0.3) is 0 Å². The molecule has 19 heavy (non-hydrogen) atoms. The van der Waals surface area contributed by atoms with Crippen LogP contribution in [0.4, 0.5) is 0 Å². The number of halogens is 1. The number of hydrogen-bond acceptors (Lipinski definition) is 4. The predicted octanol–water partition coefficient (Wildman–Crippen LogP) is 3.69. The molecule has 0 aliphatic heterocycles. The zero-order valence-corrected chi connectivity index (χ0v) is 12.6. The molecule has 1 aromatic carbocycles. The SMILES string of the molecule is COCC(C)Cc1nnc(C(Cl)c2ccccc2)s1. The summed E-state index contributed by atoms with van der Waals surface area (Å²) in [7, 11) is 1.71. The molecule has 2 aromatic rings. The summed E-state index contributed by atoms with van der Waals surface area (Å²) in [5.41, 5.74) is 1.05. The quantitative estimate of drug-likeness (QED) is 0.763. The van der Waals surface area contributed by atoms with Crippen molar-refractivity contribution in [2.45, 2.75) is 18.7 Å². The Labute approximate surface area is 122 Å². The highest BCUT2D eigenvalue weighted by atomic mass is 35.5. The van der Waals surface area contributed by atoms with Gasteiger partial charge in [-0.1, -0.05) is 48.6 Å². The Morgan fingerprint density at radius 3 is 2.68 bits per heavy atom. The maximum atomic E-state index is 6.43. The Hall–Kier alpha value is -0.970. The fraction of sp³-hybridized carbons (Fsp3) is 0.429. The lowest BCUT2D eigenvalue weighted by Crippen LogP contribution is -2.06. The van der Waals surface area contributed by atoms with E-state index >= 15 is 0 Å². The maximum Gasteiger partial charge on any atom is 0.139 e. The van der Waals surface area contributed by atoms with E-state index in [4.69, 9.17) is 16.3 Å². The van der Waals surface area contributed by atoms with Crippen molar-refractivity contribution in [3.05, 3.63) is 45.9 Å². The van der Waals surface area contributed by atoms with Crippen LogP contribution in [0.5, 0.6) is 0 Å².